The number of aryl methyl sites for hydroxylation is 1. The maximum atomic E-state index is 12.3. The van der Waals surface area contributed by atoms with E-state index in [2.05, 4.69) is 10.3 Å². The van der Waals surface area contributed by atoms with Crippen LogP contribution in [0.4, 0.5) is 0 Å². The molecule has 0 radical (unpaired) electrons. The van der Waals surface area contributed by atoms with E-state index in [-0.39, 0.29) is 5.91 Å². The zero-order chi connectivity index (χ0) is 17.9. The Labute approximate surface area is 152 Å². The average molecular weight is 348 g/mol. The fourth-order valence-electron chi connectivity index (χ4n) is 3.01. The maximum Gasteiger partial charge on any atom is 0.261 e. The van der Waals surface area contributed by atoms with Crippen LogP contribution < -0.4 is 10.1 Å². The van der Waals surface area contributed by atoms with Gasteiger partial charge in [0, 0.05) is 24.9 Å². The lowest BCUT2D eigenvalue weighted by Gasteiger charge is -2.10. The molecule has 0 bridgehead atoms. The summed E-state index contributed by atoms with van der Waals surface area (Å²) in [5, 5.41) is 2.92. The highest BCUT2D eigenvalue weighted by Gasteiger charge is 2.28. The molecule has 0 saturated heterocycles. The Morgan fingerprint density at radius 3 is 2.81 bits per heavy atom. The zero-order valence-corrected chi connectivity index (χ0v) is 14.6. The molecule has 1 N–H and O–H groups in total. The minimum atomic E-state index is -0.451. The van der Waals surface area contributed by atoms with Gasteiger partial charge in [-0.3, -0.25) is 4.79 Å². The van der Waals surface area contributed by atoms with Gasteiger partial charge in [-0.15, -0.1) is 0 Å². The number of hydrogen-bond acceptors (Lipinski definition) is 4. The quantitative estimate of drug-likeness (QED) is 0.768. The fourth-order valence-corrected chi connectivity index (χ4v) is 3.01. The summed E-state index contributed by atoms with van der Waals surface area (Å²) in [5.74, 6) is 1.30. The number of carbonyl (C=O) groups is 1. The second-order valence-electron chi connectivity index (χ2n) is 6.47. The summed E-state index contributed by atoms with van der Waals surface area (Å²) in [5.41, 5.74) is 4.03. The van der Waals surface area contributed by atoms with Crippen LogP contribution in [-0.2, 0) is 17.6 Å². The van der Waals surface area contributed by atoms with Crippen LogP contribution in [0, 0.1) is 6.92 Å². The number of benzene rings is 2. The molecule has 1 amide bonds. The van der Waals surface area contributed by atoms with Crippen LogP contribution in [0.5, 0.6) is 5.75 Å². The summed E-state index contributed by atoms with van der Waals surface area (Å²) < 4.78 is 11.2. The van der Waals surface area contributed by atoms with Gasteiger partial charge >= 0.3 is 0 Å². The summed E-state index contributed by atoms with van der Waals surface area (Å²) in [7, 11) is 0. The van der Waals surface area contributed by atoms with Gasteiger partial charge in [0.2, 0.25) is 5.89 Å². The highest BCUT2D eigenvalue weighted by Crippen LogP contribution is 2.28. The van der Waals surface area contributed by atoms with Gasteiger partial charge in [0.15, 0.2) is 6.10 Å². The van der Waals surface area contributed by atoms with E-state index in [0.29, 0.717) is 25.3 Å². The minimum absolute atomic E-state index is 0.0940. The van der Waals surface area contributed by atoms with Crippen molar-refractivity contribution >= 4 is 5.91 Å². The largest absolute Gasteiger partial charge is 0.480 e. The highest BCUT2D eigenvalue weighted by atomic mass is 16.5. The van der Waals surface area contributed by atoms with E-state index >= 15 is 0 Å². The minimum Gasteiger partial charge on any atom is -0.480 e. The van der Waals surface area contributed by atoms with Crippen LogP contribution in [0.1, 0.15) is 16.8 Å². The number of amides is 1. The summed E-state index contributed by atoms with van der Waals surface area (Å²) in [6, 6.07) is 15.8. The predicted octanol–water partition coefficient (Wildman–Crippen LogP) is 3.31. The number of rotatable bonds is 5. The molecule has 2 aromatic carbocycles. The molecule has 5 heteroatoms. The summed E-state index contributed by atoms with van der Waals surface area (Å²) >= 11 is 0. The van der Waals surface area contributed by atoms with Crippen molar-refractivity contribution in [2.45, 2.75) is 25.9 Å². The second-order valence-corrected chi connectivity index (χ2v) is 6.47. The molecule has 26 heavy (non-hydrogen) atoms. The number of hydrogen-bond donors (Lipinski definition) is 1. The third-order valence-corrected chi connectivity index (χ3v) is 4.47. The molecule has 0 fully saturated rings. The summed E-state index contributed by atoms with van der Waals surface area (Å²) in [6.45, 7) is 2.54. The Balaban J connectivity index is 1.29. The molecule has 0 aliphatic carbocycles. The van der Waals surface area contributed by atoms with Crippen molar-refractivity contribution in [1.29, 1.82) is 0 Å². The van der Waals surface area contributed by atoms with E-state index in [4.69, 9.17) is 9.15 Å². The number of nitrogens with zero attached hydrogens (tertiary/aromatic N) is 1. The van der Waals surface area contributed by atoms with E-state index in [1.807, 2.05) is 55.5 Å². The Hall–Kier alpha value is -3.08. The summed E-state index contributed by atoms with van der Waals surface area (Å²) in [6.07, 6.45) is 2.42. The molecule has 5 nitrogen and oxygen atoms in total. The molecule has 1 aliphatic rings. The first kappa shape index (κ1) is 16.4. The Morgan fingerprint density at radius 2 is 2.00 bits per heavy atom. The lowest BCUT2D eigenvalue weighted by molar-refractivity contribution is -0.127. The van der Waals surface area contributed by atoms with Crippen LogP contribution >= 0.6 is 0 Å². The van der Waals surface area contributed by atoms with E-state index in [0.717, 1.165) is 22.6 Å². The Kier molecular flexibility index (Phi) is 4.44. The van der Waals surface area contributed by atoms with E-state index in [1.54, 1.807) is 6.26 Å². The number of carbonyl (C=O) groups excluding carboxylic acids is 1. The van der Waals surface area contributed by atoms with Gasteiger partial charge in [-0.05, 0) is 30.7 Å². The second kappa shape index (κ2) is 7.04. The third-order valence-electron chi connectivity index (χ3n) is 4.47. The highest BCUT2D eigenvalue weighted by molar-refractivity contribution is 5.82. The van der Waals surface area contributed by atoms with Crippen molar-refractivity contribution in [2.75, 3.05) is 6.54 Å². The Morgan fingerprint density at radius 1 is 1.19 bits per heavy atom. The first-order valence-electron chi connectivity index (χ1n) is 8.73. The molecule has 2 heterocycles. The summed E-state index contributed by atoms with van der Waals surface area (Å²) in [4.78, 5) is 16.8. The molecule has 132 valence electrons. The van der Waals surface area contributed by atoms with Gasteiger partial charge in [-0.2, -0.15) is 0 Å². The fraction of sp³-hybridized carbons (Fsp3) is 0.238. The number of aromatic nitrogens is 1. The van der Waals surface area contributed by atoms with E-state index in [1.165, 1.54) is 5.56 Å². The predicted molar refractivity (Wildman–Crippen MR) is 98.0 cm³/mol. The molecule has 0 spiro atoms. The molecule has 1 atom stereocenters. The number of oxazole rings is 1. The van der Waals surface area contributed by atoms with Crippen molar-refractivity contribution in [3.8, 4) is 17.2 Å². The van der Waals surface area contributed by atoms with Gasteiger partial charge in [-0.25, -0.2) is 4.98 Å². The van der Waals surface area contributed by atoms with Crippen LogP contribution in [0.3, 0.4) is 0 Å². The van der Waals surface area contributed by atoms with Gasteiger partial charge in [0.25, 0.3) is 5.91 Å². The average Bonchev–Trinajstić information content (AvgIpc) is 3.29. The van der Waals surface area contributed by atoms with Crippen LogP contribution in [0.25, 0.3) is 11.5 Å². The molecule has 0 saturated carbocycles. The molecule has 1 aromatic heterocycles. The van der Waals surface area contributed by atoms with Crippen molar-refractivity contribution in [3.05, 3.63) is 71.6 Å². The lowest BCUT2D eigenvalue weighted by atomic mass is 10.1. The van der Waals surface area contributed by atoms with Crippen LogP contribution in [-0.4, -0.2) is 23.5 Å². The van der Waals surface area contributed by atoms with E-state index < -0.39 is 6.10 Å². The third kappa shape index (κ3) is 3.47. The molecule has 3 aromatic rings. The molecule has 1 unspecified atom stereocenters. The van der Waals surface area contributed by atoms with Gasteiger partial charge < -0.3 is 14.5 Å². The van der Waals surface area contributed by atoms with E-state index in [9.17, 15) is 4.79 Å². The normalized spacial score (nSPS) is 15.3. The zero-order valence-electron chi connectivity index (χ0n) is 14.6. The number of para-hydroxylation sites is 1. The first-order valence-corrected chi connectivity index (χ1v) is 8.73. The first-order chi connectivity index (χ1) is 12.7. The van der Waals surface area contributed by atoms with Gasteiger partial charge in [-0.1, -0.05) is 35.9 Å². The monoisotopic (exact) mass is 348 g/mol. The standard InChI is InChI=1S/C21H20N2O3/c1-14-6-8-15(9-7-14)21-23-17(13-25-21)10-11-22-20(24)19-12-16-4-2-3-5-18(16)26-19/h2-9,13,19H,10-12H2,1H3,(H,22,24). The maximum absolute atomic E-state index is 12.3. The van der Waals surface area contributed by atoms with Crippen molar-refractivity contribution in [1.82, 2.24) is 10.3 Å². The van der Waals surface area contributed by atoms with Gasteiger partial charge in [0.1, 0.15) is 12.0 Å². The SMILES string of the molecule is Cc1ccc(-c2nc(CCNC(=O)C3Cc4ccccc4O3)co2)cc1. The van der Waals surface area contributed by atoms with Crippen LogP contribution in [0.2, 0.25) is 0 Å². The number of ether oxygens (including phenoxy) is 1. The molecule has 4 rings (SSSR count). The van der Waals surface area contributed by atoms with Crippen LogP contribution in [0.15, 0.2) is 59.2 Å². The van der Waals surface area contributed by atoms with Gasteiger partial charge in [0.05, 0.1) is 5.69 Å². The lowest BCUT2D eigenvalue weighted by Crippen LogP contribution is -2.38. The molecular weight excluding hydrogens is 328 g/mol. The number of fused-ring (bicyclic) bond motifs is 1. The smallest absolute Gasteiger partial charge is 0.261 e. The Bertz CT molecular complexity index is 890. The van der Waals surface area contributed by atoms with Crippen molar-refractivity contribution in [2.24, 2.45) is 0 Å². The van der Waals surface area contributed by atoms with Crippen molar-refractivity contribution < 1.29 is 13.9 Å². The van der Waals surface area contributed by atoms with Crippen molar-refractivity contribution in [3.63, 3.8) is 0 Å². The number of nitrogens with one attached hydrogen (secondary N) is 1. The molecular formula is C21H20N2O3. The topological polar surface area (TPSA) is 64.4 Å². The molecule has 1 aliphatic heterocycles.